The molecule has 110 valence electrons. The third-order valence-corrected chi connectivity index (χ3v) is 4.18. The lowest BCUT2D eigenvalue weighted by molar-refractivity contribution is -0.141. The molecule has 1 aliphatic rings. The zero-order chi connectivity index (χ0) is 14.4. The highest BCUT2D eigenvalue weighted by atomic mass is 16.4. The first-order valence-electron chi connectivity index (χ1n) is 7.19. The fraction of sp³-hybridized carbons (Fsp3) is 0.857. The van der Waals surface area contributed by atoms with Crippen molar-refractivity contribution in [3.63, 3.8) is 0 Å². The van der Waals surface area contributed by atoms with Gasteiger partial charge >= 0.3 is 12.0 Å². The van der Waals surface area contributed by atoms with Crippen molar-refractivity contribution in [3.8, 4) is 0 Å². The fourth-order valence-electron chi connectivity index (χ4n) is 2.45. The number of nitrogens with zero attached hydrogens (tertiary/aromatic N) is 1. The van der Waals surface area contributed by atoms with Gasteiger partial charge in [0, 0.05) is 19.1 Å². The molecule has 0 spiro atoms. The number of carboxylic acid groups (broad SMARTS) is 1. The van der Waals surface area contributed by atoms with Crippen LogP contribution in [-0.2, 0) is 4.79 Å². The minimum absolute atomic E-state index is 0.160. The fourth-order valence-corrected chi connectivity index (χ4v) is 2.45. The lowest BCUT2D eigenvalue weighted by Gasteiger charge is -2.29. The number of nitrogens with one attached hydrogen (secondary N) is 1. The molecule has 0 aromatic heterocycles. The van der Waals surface area contributed by atoms with Gasteiger partial charge in [-0.1, -0.05) is 25.7 Å². The molecule has 1 fully saturated rings. The molecule has 2 N–H and O–H groups in total. The second kappa shape index (κ2) is 7.36. The molecule has 0 bridgehead atoms. The van der Waals surface area contributed by atoms with E-state index in [1.165, 1.54) is 25.7 Å². The van der Waals surface area contributed by atoms with Crippen molar-refractivity contribution < 1.29 is 14.7 Å². The van der Waals surface area contributed by atoms with Crippen LogP contribution in [0.1, 0.15) is 52.4 Å². The minimum Gasteiger partial charge on any atom is -0.481 e. The third-order valence-electron chi connectivity index (χ3n) is 4.18. The maximum absolute atomic E-state index is 12.1. The van der Waals surface area contributed by atoms with Crippen LogP contribution in [-0.4, -0.2) is 41.1 Å². The molecule has 0 heterocycles. The third kappa shape index (κ3) is 4.73. The van der Waals surface area contributed by atoms with Gasteiger partial charge in [0.2, 0.25) is 0 Å². The first kappa shape index (κ1) is 15.8. The van der Waals surface area contributed by atoms with Crippen LogP contribution in [0.25, 0.3) is 0 Å². The standard InChI is InChI=1S/C14H26N2O3/c1-10(13(17)18)11(2)15-14(19)16(3)12-8-6-4-5-7-9-12/h10-12H,4-9H2,1-3H3,(H,15,19)(H,17,18). The Labute approximate surface area is 115 Å². The summed E-state index contributed by atoms with van der Waals surface area (Å²) >= 11 is 0. The smallest absolute Gasteiger partial charge is 0.317 e. The monoisotopic (exact) mass is 270 g/mol. The number of carboxylic acids is 1. The average molecular weight is 270 g/mol. The molecule has 1 rings (SSSR count). The second-order valence-electron chi connectivity index (χ2n) is 5.62. The predicted octanol–water partition coefficient (Wildman–Crippen LogP) is 2.46. The molecule has 0 aromatic rings. The number of rotatable bonds is 4. The van der Waals surface area contributed by atoms with Crippen molar-refractivity contribution in [3.05, 3.63) is 0 Å². The van der Waals surface area contributed by atoms with E-state index in [4.69, 9.17) is 5.11 Å². The molecule has 2 unspecified atom stereocenters. The Morgan fingerprint density at radius 3 is 2.16 bits per heavy atom. The predicted molar refractivity (Wildman–Crippen MR) is 74.0 cm³/mol. The molecule has 1 saturated carbocycles. The molecule has 1 aliphatic carbocycles. The summed E-state index contributed by atoms with van der Waals surface area (Å²) in [5.74, 6) is -1.46. The van der Waals surface area contributed by atoms with Crippen molar-refractivity contribution in [2.75, 3.05) is 7.05 Å². The van der Waals surface area contributed by atoms with E-state index in [9.17, 15) is 9.59 Å². The number of carbonyl (C=O) groups is 2. The van der Waals surface area contributed by atoms with Crippen molar-refractivity contribution in [2.24, 2.45) is 5.92 Å². The zero-order valence-electron chi connectivity index (χ0n) is 12.2. The summed E-state index contributed by atoms with van der Waals surface area (Å²) < 4.78 is 0. The van der Waals surface area contributed by atoms with Crippen molar-refractivity contribution in [1.29, 1.82) is 0 Å². The van der Waals surface area contributed by atoms with E-state index in [-0.39, 0.29) is 18.1 Å². The van der Waals surface area contributed by atoms with E-state index in [1.54, 1.807) is 18.7 Å². The first-order valence-corrected chi connectivity index (χ1v) is 7.19. The molecule has 2 amide bonds. The van der Waals surface area contributed by atoms with Crippen molar-refractivity contribution in [2.45, 2.75) is 64.5 Å². The SMILES string of the molecule is CC(NC(=O)N(C)C1CCCCCC1)C(C)C(=O)O. The summed E-state index contributed by atoms with van der Waals surface area (Å²) in [7, 11) is 1.81. The zero-order valence-corrected chi connectivity index (χ0v) is 12.2. The Bertz CT molecular complexity index is 312. The van der Waals surface area contributed by atoms with E-state index >= 15 is 0 Å². The quantitative estimate of drug-likeness (QED) is 0.771. The van der Waals surface area contributed by atoms with Gasteiger partial charge in [0.15, 0.2) is 0 Å². The number of urea groups is 1. The van der Waals surface area contributed by atoms with Gasteiger partial charge in [-0.25, -0.2) is 4.79 Å². The topological polar surface area (TPSA) is 69.6 Å². The molecular weight excluding hydrogens is 244 g/mol. The van der Waals surface area contributed by atoms with Crippen LogP contribution in [0, 0.1) is 5.92 Å². The summed E-state index contributed by atoms with van der Waals surface area (Å²) in [6.45, 7) is 3.34. The largest absolute Gasteiger partial charge is 0.481 e. The normalized spacial score (nSPS) is 20.2. The van der Waals surface area contributed by atoms with Crippen LogP contribution in [0.3, 0.4) is 0 Å². The Hall–Kier alpha value is -1.26. The maximum atomic E-state index is 12.1. The van der Waals surface area contributed by atoms with Crippen LogP contribution < -0.4 is 5.32 Å². The van der Waals surface area contributed by atoms with Gasteiger partial charge < -0.3 is 15.3 Å². The van der Waals surface area contributed by atoms with Gasteiger partial charge in [0.25, 0.3) is 0 Å². The average Bonchev–Trinajstić information content (AvgIpc) is 2.65. The van der Waals surface area contributed by atoms with Gasteiger partial charge in [-0.2, -0.15) is 0 Å². The van der Waals surface area contributed by atoms with Crippen LogP contribution in [0.15, 0.2) is 0 Å². The van der Waals surface area contributed by atoms with Crippen molar-refractivity contribution >= 4 is 12.0 Å². The lowest BCUT2D eigenvalue weighted by Crippen LogP contribution is -2.49. The maximum Gasteiger partial charge on any atom is 0.317 e. The molecule has 0 aromatic carbocycles. The molecular formula is C14H26N2O3. The van der Waals surface area contributed by atoms with Gasteiger partial charge in [0.1, 0.15) is 0 Å². The van der Waals surface area contributed by atoms with E-state index < -0.39 is 11.9 Å². The highest BCUT2D eigenvalue weighted by Gasteiger charge is 2.25. The Balaban J connectivity index is 2.49. The Morgan fingerprint density at radius 2 is 1.68 bits per heavy atom. The Morgan fingerprint density at radius 1 is 1.16 bits per heavy atom. The van der Waals surface area contributed by atoms with Crippen LogP contribution in [0.4, 0.5) is 4.79 Å². The Kier molecular flexibility index (Phi) is 6.12. The molecule has 5 heteroatoms. The van der Waals surface area contributed by atoms with E-state index in [1.807, 2.05) is 7.05 Å². The van der Waals surface area contributed by atoms with Gasteiger partial charge in [0.05, 0.1) is 5.92 Å². The summed E-state index contributed by atoms with van der Waals surface area (Å²) in [4.78, 5) is 24.7. The summed E-state index contributed by atoms with van der Waals surface area (Å²) in [6.07, 6.45) is 6.93. The van der Waals surface area contributed by atoms with E-state index in [0.717, 1.165) is 12.8 Å². The lowest BCUT2D eigenvalue weighted by atomic mass is 10.0. The van der Waals surface area contributed by atoms with E-state index in [0.29, 0.717) is 0 Å². The van der Waals surface area contributed by atoms with Crippen LogP contribution >= 0.6 is 0 Å². The number of amides is 2. The molecule has 0 radical (unpaired) electrons. The van der Waals surface area contributed by atoms with Gasteiger partial charge in [-0.05, 0) is 26.7 Å². The molecule has 0 aliphatic heterocycles. The van der Waals surface area contributed by atoms with E-state index in [2.05, 4.69) is 5.32 Å². The minimum atomic E-state index is -0.884. The van der Waals surface area contributed by atoms with Crippen LogP contribution in [0.5, 0.6) is 0 Å². The van der Waals surface area contributed by atoms with Crippen LogP contribution in [0.2, 0.25) is 0 Å². The number of hydrogen-bond donors (Lipinski definition) is 2. The molecule has 0 saturated heterocycles. The summed E-state index contributed by atoms with van der Waals surface area (Å²) in [5, 5.41) is 11.7. The van der Waals surface area contributed by atoms with Gasteiger partial charge in [-0.15, -0.1) is 0 Å². The molecule has 5 nitrogen and oxygen atoms in total. The number of carbonyl (C=O) groups excluding carboxylic acids is 1. The summed E-state index contributed by atoms with van der Waals surface area (Å²) in [5.41, 5.74) is 0. The second-order valence-corrected chi connectivity index (χ2v) is 5.62. The molecule has 19 heavy (non-hydrogen) atoms. The van der Waals surface area contributed by atoms with Gasteiger partial charge in [-0.3, -0.25) is 4.79 Å². The first-order chi connectivity index (χ1) is 8.93. The highest BCUT2D eigenvalue weighted by molar-refractivity contribution is 5.76. The summed E-state index contributed by atoms with van der Waals surface area (Å²) in [6, 6.07) is -0.236. The number of hydrogen-bond acceptors (Lipinski definition) is 2. The molecule has 2 atom stereocenters. The highest BCUT2D eigenvalue weighted by Crippen LogP contribution is 2.21. The van der Waals surface area contributed by atoms with Crippen molar-refractivity contribution in [1.82, 2.24) is 10.2 Å². The number of aliphatic carboxylic acids is 1.